The Morgan fingerprint density at radius 3 is 2.65 bits per heavy atom. The van der Waals surface area contributed by atoms with Gasteiger partial charge in [0.2, 0.25) is 5.91 Å². The topological polar surface area (TPSA) is 78.1 Å². The standard InChI is InChI=1S/C19H23ClN4O2/c1-12(2)19(26)24-8-6-15(7-9-24)21-18(25)17-11-16(22-23-17)13-4-3-5-14(20)10-13/h3-5,10-12,15H,6-9H2,1-2H3,(H,21,25)(H,22,23). The molecule has 0 bridgehead atoms. The number of aromatic nitrogens is 2. The summed E-state index contributed by atoms with van der Waals surface area (Å²) in [7, 11) is 0. The van der Waals surface area contributed by atoms with Gasteiger partial charge in [0.25, 0.3) is 5.91 Å². The molecule has 1 aromatic heterocycles. The SMILES string of the molecule is CC(C)C(=O)N1CCC(NC(=O)c2cc(-c3cccc(Cl)c3)n[nH]2)CC1. The first-order valence-electron chi connectivity index (χ1n) is 8.85. The van der Waals surface area contributed by atoms with Gasteiger partial charge in [-0.05, 0) is 31.0 Å². The highest BCUT2D eigenvalue weighted by Crippen LogP contribution is 2.21. The third-order valence-corrected chi connectivity index (χ3v) is 4.81. The molecule has 1 aliphatic rings. The van der Waals surface area contributed by atoms with Crippen molar-refractivity contribution in [3.63, 3.8) is 0 Å². The number of piperidine rings is 1. The quantitative estimate of drug-likeness (QED) is 0.863. The summed E-state index contributed by atoms with van der Waals surface area (Å²) in [5.41, 5.74) is 1.95. The van der Waals surface area contributed by atoms with Crippen molar-refractivity contribution in [3.8, 4) is 11.3 Å². The molecule has 1 aliphatic heterocycles. The summed E-state index contributed by atoms with van der Waals surface area (Å²) in [4.78, 5) is 26.4. The number of hydrogen-bond donors (Lipinski definition) is 2. The summed E-state index contributed by atoms with van der Waals surface area (Å²) in [5, 5.41) is 10.6. The molecule has 6 nitrogen and oxygen atoms in total. The van der Waals surface area contributed by atoms with Crippen molar-refractivity contribution in [2.75, 3.05) is 13.1 Å². The lowest BCUT2D eigenvalue weighted by molar-refractivity contribution is -0.135. The van der Waals surface area contributed by atoms with Crippen molar-refractivity contribution in [1.29, 1.82) is 0 Å². The number of nitrogens with zero attached hydrogens (tertiary/aromatic N) is 2. The van der Waals surface area contributed by atoms with Crippen LogP contribution in [0.3, 0.4) is 0 Å². The zero-order valence-electron chi connectivity index (χ0n) is 15.0. The largest absolute Gasteiger partial charge is 0.348 e. The van der Waals surface area contributed by atoms with E-state index in [1.807, 2.05) is 30.9 Å². The summed E-state index contributed by atoms with van der Waals surface area (Å²) >= 11 is 6.00. The summed E-state index contributed by atoms with van der Waals surface area (Å²) < 4.78 is 0. The molecule has 0 spiro atoms. The molecule has 2 N–H and O–H groups in total. The molecule has 2 heterocycles. The molecular formula is C19H23ClN4O2. The molecule has 0 unspecified atom stereocenters. The first-order chi connectivity index (χ1) is 12.4. The van der Waals surface area contributed by atoms with Crippen LogP contribution in [0.1, 0.15) is 37.2 Å². The molecule has 138 valence electrons. The van der Waals surface area contributed by atoms with Crippen LogP contribution in [-0.4, -0.2) is 46.0 Å². The minimum Gasteiger partial charge on any atom is -0.348 e. The highest BCUT2D eigenvalue weighted by Gasteiger charge is 2.25. The third-order valence-electron chi connectivity index (χ3n) is 4.58. The first kappa shape index (κ1) is 18.5. The Balaban J connectivity index is 1.57. The number of carbonyl (C=O) groups is 2. The molecule has 0 aliphatic carbocycles. The summed E-state index contributed by atoms with van der Waals surface area (Å²) in [6.07, 6.45) is 1.53. The van der Waals surface area contributed by atoms with E-state index in [4.69, 9.17) is 11.6 Å². The lowest BCUT2D eigenvalue weighted by Gasteiger charge is -2.33. The lowest BCUT2D eigenvalue weighted by Crippen LogP contribution is -2.47. The lowest BCUT2D eigenvalue weighted by atomic mass is 10.0. The molecule has 1 saturated heterocycles. The van der Waals surface area contributed by atoms with E-state index in [0.717, 1.165) is 18.4 Å². The highest BCUT2D eigenvalue weighted by molar-refractivity contribution is 6.30. The first-order valence-corrected chi connectivity index (χ1v) is 9.23. The second-order valence-electron chi connectivity index (χ2n) is 6.90. The van der Waals surface area contributed by atoms with Gasteiger partial charge in [-0.1, -0.05) is 37.6 Å². The van der Waals surface area contributed by atoms with Gasteiger partial charge < -0.3 is 10.2 Å². The molecule has 0 atom stereocenters. The number of likely N-dealkylation sites (tertiary alicyclic amines) is 1. The monoisotopic (exact) mass is 374 g/mol. The van der Waals surface area contributed by atoms with Crippen molar-refractivity contribution >= 4 is 23.4 Å². The van der Waals surface area contributed by atoms with E-state index in [-0.39, 0.29) is 23.8 Å². The Bertz CT molecular complexity index is 794. The fraction of sp³-hybridized carbons (Fsp3) is 0.421. The molecule has 0 radical (unpaired) electrons. The number of rotatable bonds is 4. The Kier molecular flexibility index (Phi) is 5.61. The Morgan fingerprint density at radius 2 is 2.00 bits per heavy atom. The second-order valence-corrected chi connectivity index (χ2v) is 7.34. The van der Waals surface area contributed by atoms with Gasteiger partial charge in [-0.2, -0.15) is 5.10 Å². The van der Waals surface area contributed by atoms with Crippen LogP contribution in [-0.2, 0) is 4.79 Å². The summed E-state index contributed by atoms with van der Waals surface area (Å²) in [5.74, 6) is 0.00460. The second kappa shape index (κ2) is 7.91. The van der Waals surface area contributed by atoms with E-state index in [1.165, 1.54) is 0 Å². The Morgan fingerprint density at radius 1 is 1.27 bits per heavy atom. The van der Waals surface area contributed by atoms with Gasteiger partial charge in [0.05, 0.1) is 5.69 Å². The number of H-pyrrole nitrogens is 1. The molecule has 0 saturated carbocycles. The smallest absolute Gasteiger partial charge is 0.269 e. The summed E-state index contributed by atoms with van der Waals surface area (Å²) in [6.45, 7) is 5.18. The zero-order chi connectivity index (χ0) is 18.7. The van der Waals surface area contributed by atoms with Gasteiger partial charge in [0, 0.05) is 35.6 Å². The van der Waals surface area contributed by atoms with E-state index in [0.29, 0.717) is 29.5 Å². The fourth-order valence-corrected chi connectivity index (χ4v) is 3.30. The van der Waals surface area contributed by atoms with E-state index < -0.39 is 0 Å². The minimum atomic E-state index is -0.181. The van der Waals surface area contributed by atoms with Crippen LogP contribution < -0.4 is 5.32 Å². The summed E-state index contributed by atoms with van der Waals surface area (Å²) in [6, 6.07) is 9.13. The number of nitrogens with one attached hydrogen (secondary N) is 2. The fourth-order valence-electron chi connectivity index (χ4n) is 3.11. The maximum atomic E-state index is 12.5. The zero-order valence-corrected chi connectivity index (χ0v) is 15.7. The van der Waals surface area contributed by atoms with Crippen LogP contribution in [0.25, 0.3) is 11.3 Å². The number of hydrogen-bond acceptors (Lipinski definition) is 3. The Labute approximate surface area is 157 Å². The van der Waals surface area contributed by atoms with Gasteiger partial charge in [0.15, 0.2) is 0 Å². The van der Waals surface area contributed by atoms with Crippen LogP contribution in [0.4, 0.5) is 0 Å². The number of benzene rings is 1. The van der Waals surface area contributed by atoms with E-state index in [1.54, 1.807) is 18.2 Å². The maximum absolute atomic E-state index is 12.5. The minimum absolute atomic E-state index is 0.0102. The molecule has 2 amide bonds. The molecule has 3 rings (SSSR count). The van der Waals surface area contributed by atoms with Gasteiger partial charge in [-0.25, -0.2) is 0 Å². The Hall–Kier alpha value is -2.34. The number of halogens is 1. The maximum Gasteiger partial charge on any atom is 0.269 e. The molecule has 2 aromatic rings. The van der Waals surface area contributed by atoms with Crippen molar-refractivity contribution in [2.45, 2.75) is 32.7 Å². The van der Waals surface area contributed by atoms with Crippen molar-refractivity contribution in [3.05, 3.63) is 41.0 Å². The van der Waals surface area contributed by atoms with E-state index >= 15 is 0 Å². The van der Waals surface area contributed by atoms with Crippen LogP contribution >= 0.6 is 11.6 Å². The average molecular weight is 375 g/mol. The average Bonchev–Trinajstić information content (AvgIpc) is 3.12. The van der Waals surface area contributed by atoms with Crippen LogP contribution in [0.2, 0.25) is 5.02 Å². The van der Waals surface area contributed by atoms with E-state index in [2.05, 4.69) is 15.5 Å². The van der Waals surface area contributed by atoms with Crippen LogP contribution in [0.15, 0.2) is 30.3 Å². The number of carbonyl (C=O) groups excluding carboxylic acids is 2. The van der Waals surface area contributed by atoms with Crippen LogP contribution in [0.5, 0.6) is 0 Å². The predicted octanol–water partition coefficient (Wildman–Crippen LogP) is 3.11. The molecular weight excluding hydrogens is 352 g/mol. The van der Waals surface area contributed by atoms with Gasteiger partial charge in [-0.15, -0.1) is 0 Å². The van der Waals surface area contributed by atoms with Gasteiger partial charge in [0.1, 0.15) is 5.69 Å². The normalized spacial score (nSPS) is 15.3. The van der Waals surface area contributed by atoms with Crippen molar-refractivity contribution in [1.82, 2.24) is 20.4 Å². The third kappa shape index (κ3) is 4.25. The molecule has 26 heavy (non-hydrogen) atoms. The predicted molar refractivity (Wildman–Crippen MR) is 101 cm³/mol. The molecule has 7 heteroatoms. The van der Waals surface area contributed by atoms with Crippen molar-refractivity contribution < 1.29 is 9.59 Å². The highest BCUT2D eigenvalue weighted by atomic mass is 35.5. The number of aromatic amines is 1. The van der Waals surface area contributed by atoms with Gasteiger partial charge in [-0.3, -0.25) is 14.7 Å². The molecule has 1 aromatic carbocycles. The van der Waals surface area contributed by atoms with Crippen LogP contribution in [0, 0.1) is 5.92 Å². The van der Waals surface area contributed by atoms with Crippen molar-refractivity contribution in [2.24, 2.45) is 5.92 Å². The van der Waals surface area contributed by atoms with Gasteiger partial charge >= 0.3 is 0 Å². The molecule has 1 fully saturated rings. The van der Waals surface area contributed by atoms with E-state index in [9.17, 15) is 9.59 Å². The number of amides is 2.